The highest BCUT2D eigenvalue weighted by atomic mass is 35.5. The van der Waals surface area contributed by atoms with Crippen LogP contribution in [0.4, 0.5) is 4.39 Å². The Morgan fingerprint density at radius 3 is 2.73 bits per heavy atom. The SMILES string of the molecule is CC1=C2CN(C(=O)c3ccc(Cl)c(F)c3Cl)CCN2C(c2cc(C)ccn2)=NCC1. The lowest BCUT2D eigenvalue weighted by Gasteiger charge is -2.39. The lowest BCUT2D eigenvalue weighted by molar-refractivity contribution is 0.0726. The number of carbonyl (C=O) groups is 1. The summed E-state index contributed by atoms with van der Waals surface area (Å²) in [4.78, 5) is 26.2. The van der Waals surface area contributed by atoms with E-state index in [9.17, 15) is 9.18 Å². The Morgan fingerprint density at radius 2 is 1.97 bits per heavy atom. The number of fused-ring (bicyclic) bond motifs is 1. The topological polar surface area (TPSA) is 48.8 Å². The highest BCUT2D eigenvalue weighted by Crippen LogP contribution is 2.30. The predicted octanol–water partition coefficient (Wildman–Crippen LogP) is 4.72. The normalized spacial score (nSPS) is 16.9. The molecule has 1 aromatic heterocycles. The lowest BCUT2D eigenvalue weighted by atomic mass is 10.1. The van der Waals surface area contributed by atoms with Gasteiger partial charge in [0.25, 0.3) is 5.91 Å². The number of hydrogen-bond acceptors (Lipinski definition) is 4. The van der Waals surface area contributed by atoms with Crippen molar-refractivity contribution in [3.05, 3.63) is 74.4 Å². The van der Waals surface area contributed by atoms with Gasteiger partial charge in [0.15, 0.2) is 11.7 Å². The Hall–Kier alpha value is -2.44. The molecule has 0 atom stereocenters. The Balaban J connectivity index is 1.64. The lowest BCUT2D eigenvalue weighted by Crippen LogP contribution is -2.49. The molecule has 156 valence electrons. The molecule has 1 amide bonds. The number of hydrogen-bond donors (Lipinski definition) is 0. The van der Waals surface area contributed by atoms with Crippen LogP contribution in [0.3, 0.4) is 0 Å². The van der Waals surface area contributed by atoms with Gasteiger partial charge in [-0.15, -0.1) is 0 Å². The van der Waals surface area contributed by atoms with Gasteiger partial charge in [-0.2, -0.15) is 0 Å². The van der Waals surface area contributed by atoms with Crippen LogP contribution < -0.4 is 0 Å². The minimum Gasteiger partial charge on any atom is -0.331 e. The van der Waals surface area contributed by atoms with E-state index in [1.54, 1.807) is 11.1 Å². The number of piperazine rings is 1. The van der Waals surface area contributed by atoms with Gasteiger partial charge < -0.3 is 9.80 Å². The molecule has 1 aromatic carbocycles. The average molecular weight is 447 g/mol. The summed E-state index contributed by atoms with van der Waals surface area (Å²) in [5.41, 5.74) is 4.26. The van der Waals surface area contributed by atoms with Crippen molar-refractivity contribution in [1.29, 1.82) is 0 Å². The summed E-state index contributed by atoms with van der Waals surface area (Å²) >= 11 is 11.8. The number of amides is 1. The largest absolute Gasteiger partial charge is 0.331 e. The van der Waals surface area contributed by atoms with Gasteiger partial charge in [0.1, 0.15) is 5.69 Å². The molecule has 30 heavy (non-hydrogen) atoms. The van der Waals surface area contributed by atoms with E-state index >= 15 is 0 Å². The molecule has 2 aliphatic heterocycles. The van der Waals surface area contributed by atoms with Gasteiger partial charge in [-0.25, -0.2) is 4.39 Å². The Kier molecular flexibility index (Phi) is 5.80. The zero-order chi connectivity index (χ0) is 21.4. The first-order valence-corrected chi connectivity index (χ1v) is 10.5. The minimum atomic E-state index is -0.771. The third kappa shape index (κ3) is 3.82. The standard InChI is InChI=1S/C22H21Cl2FN4O/c1-13-5-7-26-17(11-13)21-27-8-6-14(2)18-12-28(9-10-29(18)21)22(30)15-3-4-16(23)20(25)19(15)24/h3-5,7,11H,6,8-10,12H2,1-2H3. The van der Waals surface area contributed by atoms with E-state index in [2.05, 4.69) is 16.8 Å². The van der Waals surface area contributed by atoms with E-state index in [1.165, 1.54) is 17.7 Å². The van der Waals surface area contributed by atoms with Crippen molar-refractivity contribution < 1.29 is 9.18 Å². The Morgan fingerprint density at radius 1 is 1.17 bits per heavy atom. The van der Waals surface area contributed by atoms with Crippen molar-refractivity contribution in [2.24, 2.45) is 4.99 Å². The number of aromatic nitrogens is 1. The molecule has 1 saturated heterocycles. The van der Waals surface area contributed by atoms with Crippen molar-refractivity contribution in [3.63, 3.8) is 0 Å². The summed E-state index contributed by atoms with van der Waals surface area (Å²) < 4.78 is 14.1. The summed E-state index contributed by atoms with van der Waals surface area (Å²) in [5.74, 6) is -0.257. The molecule has 4 rings (SSSR count). The molecule has 0 bridgehead atoms. The van der Waals surface area contributed by atoms with Crippen molar-refractivity contribution in [2.75, 3.05) is 26.2 Å². The first-order valence-electron chi connectivity index (χ1n) is 9.73. The van der Waals surface area contributed by atoms with Crippen LogP contribution in [0.2, 0.25) is 10.0 Å². The van der Waals surface area contributed by atoms with Crippen molar-refractivity contribution in [1.82, 2.24) is 14.8 Å². The second kappa shape index (κ2) is 8.36. The molecule has 0 saturated carbocycles. The number of nitrogens with zero attached hydrogens (tertiary/aromatic N) is 4. The number of aryl methyl sites for hydroxylation is 1. The van der Waals surface area contributed by atoms with Gasteiger partial charge in [-0.3, -0.25) is 14.8 Å². The van der Waals surface area contributed by atoms with E-state index in [0.717, 1.165) is 29.2 Å². The monoisotopic (exact) mass is 446 g/mol. The molecule has 0 N–H and O–H groups in total. The quantitative estimate of drug-likeness (QED) is 0.627. The first-order chi connectivity index (χ1) is 14.4. The van der Waals surface area contributed by atoms with Gasteiger partial charge in [-0.1, -0.05) is 28.8 Å². The van der Waals surface area contributed by atoms with Crippen LogP contribution in [0.5, 0.6) is 0 Å². The second-order valence-corrected chi connectivity index (χ2v) is 8.29. The third-order valence-corrected chi connectivity index (χ3v) is 6.12. The van der Waals surface area contributed by atoms with E-state index in [-0.39, 0.29) is 21.5 Å². The summed E-state index contributed by atoms with van der Waals surface area (Å²) in [7, 11) is 0. The van der Waals surface area contributed by atoms with Gasteiger partial charge in [0, 0.05) is 31.5 Å². The van der Waals surface area contributed by atoms with Crippen molar-refractivity contribution in [2.45, 2.75) is 20.3 Å². The molecule has 0 radical (unpaired) electrons. The number of amidine groups is 1. The summed E-state index contributed by atoms with van der Waals surface area (Å²) in [6.07, 6.45) is 2.59. The van der Waals surface area contributed by atoms with Crippen LogP contribution >= 0.6 is 23.2 Å². The van der Waals surface area contributed by atoms with Crippen LogP contribution in [0.15, 0.2) is 46.7 Å². The highest BCUT2D eigenvalue weighted by Gasteiger charge is 2.32. The minimum absolute atomic E-state index is 0.102. The van der Waals surface area contributed by atoms with Crippen LogP contribution in [0, 0.1) is 12.7 Å². The molecule has 5 nitrogen and oxygen atoms in total. The predicted molar refractivity (Wildman–Crippen MR) is 117 cm³/mol. The maximum absolute atomic E-state index is 14.1. The van der Waals surface area contributed by atoms with Gasteiger partial charge in [0.05, 0.1) is 22.2 Å². The number of pyridine rings is 1. The first kappa shape index (κ1) is 20.8. The van der Waals surface area contributed by atoms with Crippen LogP contribution in [0.1, 0.15) is 35.0 Å². The number of aliphatic imine (C=N–C) groups is 1. The van der Waals surface area contributed by atoms with E-state index in [4.69, 9.17) is 28.2 Å². The maximum atomic E-state index is 14.1. The van der Waals surface area contributed by atoms with Crippen LogP contribution in [0.25, 0.3) is 0 Å². The summed E-state index contributed by atoms with van der Waals surface area (Å²) in [5, 5.41) is -0.345. The van der Waals surface area contributed by atoms with E-state index in [1.807, 2.05) is 19.1 Å². The van der Waals surface area contributed by atoms with Crippen LogP contribution in [-0.4, -0.2) is 52.7 Å². The van der Waals surface area contributed by atoms with E-state index in [0.29, 0.717) is 26.2 Å². The van der Waals surface area contributed by atoms with Crippen molar-refractivity contribution in [3.8, 4) is 0 Å². The Labute approximate surface area is 184 Å². The number of carbonyl (C=O) groups excluding carboxylic acids is 1. The fourth-order valence-corrected chi connectivity index (χ4v) is 4.22. The average Bonchev–Trinajstić information content (AvgIpc) is 2.90. The smallest absolute Gasteiger partial charge is 0.255 e. The number of benzene rings is 1. The molecule has 2 aromatic rings. The summed E-state index contributed by atoms with van der Waals surface area (Å²) in [6, 6.07) is 6.80. The molecular weight excluding hydrogens is 426 g/mol. The molecule has 0 aliphatic carbocycles. The summed E-state index contributed by atoms with van der Waals surface area (Å²) in [6.45, 7) is 6.18. The molecule has 2 aliphatic rings. The van der Waals surface area contributed by atoms with Crippen LogP contribution in [-0.2, 0) is 0 Å². The van der Waals surface area contributed by atoms with Gasteiger partial charge in [0.2, 0.25) is 0 Å². The van der Waals surface area contributed by atoms with Gasteiger partial charge >= 0.3 is 0 Å². The second-order valence-electron chi connectivity index (χ2n) is 7.50. The maximum Gasteiger partial charge on any atom is 0.255 e. The Bertz CT molecular complexity index is 1080. The van der Waals surface area contributed by atoms with Gasteiger partial charge in [-0.05, 0) is 50.1 Å². The zero-order valence-corrected chi connectivity index (χ0v) is 18.3. The fourth-order valence-electron chi connectivity index (χ4n) is 3.77. The highest BCUT2D eigenvalue weighted by molar-refractivity contribution is 6.37. The molecule has 0 unspecified atom stereocenters. The molecule has 8 heteroatoms. The molecule has 0 spiro atoms. The number of rotatable bonds is 2. The number of halogens is 3. The fraction of sp³-hybridized carbons (Fsp3) is 0.318. The third-order valence-electron chi connectivity index (χ3n) is 5.45. The van der Waals surface area contributed by atoms with E-state index < -0.39 is 5.82 Å². The van der Waals surface area contributed by atoms with Crippen molar-refractivity contribution >= 4 is 34.9 Å². The zero-order valence-electron chi connectivity index (χ0n) is 16.8. The molecule has 3 heterocycles. The molecule has 1 fully saturated rings. The molecular formula is C22H21Cl2FN4O.